The van der Waals surface area contributed by atoms with Gasteiger partial charge in [-0.1, -0.05) is 42.5 Å². The number of aliphatic imine (C=N–C) groups is 1. The highest BCUT2D eigenvalue weighted by atomic mass is 16.5. The quantitative estimate of drug-likeness (QED) is 0.453. The zero-order valence-corrected chi connectivity index (χ0v) is 18.2. The van der Waals surface area contributed by atoms with E-state index in [1.54, 1.807) is 7.05 Å². The Labute approximate surface area is 184 Å². The number of nitrogens with zero attached hydrogens (tertiary/aromatic N) is 1. The second kappa shape index (κ2) is 9.96. The lowest BCUT2D eigenvalue weighted by molar-refractivity contribution is 0.0857. The Morgan fingerprint density at radius 1 is 1.10 bits per heavy atom. The van der Waals surface area contributed by atoms with Gasteiger partial charge in [-0.15, -0.1) is 0 Å². The maximum absolute atomic E-state index is 12.5. The summed E-state index contributed by atoms with van der Waals surface area (Å²) in [5, 5.41) is 9.83. The summed E-state index contributed by atoms with van der Waals surface area (Å²) >= 11 is 0. The number of carbonyl (C=O) groups excluding carboxylic acids is 1. The van der Waals surface area contributed by atoms with Gasteiger partial charge in [0.15, 0.2) is 5.96 Å². The van der Waals surface area contributed by atoms with Gasteiger partial charge in [0.1, 0.15) is 0 Å². The fraction of sp³-hybridized carbons (Fsp3) is 0.440. The number of carbonyl (C=O) groups is 1. The minimum Gasteiger partial charge on any atom is -0.376 e. The molecule has 1 aliphatic carbocycles. The number of hydrogen-bond acceptors (Lipinski definition) is 3. The van der Waals surface area contributed by atoms with Crippen molar-refractivity contribution < 1.29 is 9.53 Å². The van der Waals surface area contributed by atoms with Gasteiger partial charge in [0.25, 0.3) is 5.91 Å². The molecule has 0 spiro atoms. The molecule has 1 saturated heterocycles. The Bertz CT molecular complexity index is 903. The molecule has 0 aromatic heterocycles. The molecule has 2 fully saturated rings. The third kappa shape index (κ3) is 5.64. The molecule has 6 heteroatoms. The molecule has 31 heavy (non-hydrogen) atoms. The van der Waals surface area contributed by atoms with Gasteiger partial charge >= 0.3 is 0 Å². The summed E-state index contributed by atoms with van der Waals surface area (Å²) in [4.78, 5) is 16.8. The van der Waals surface area contributed by atoms with Crippen LogP contribution in [0.5, 0.6) is 0 Å². The SMILES string of the molecule is CN=C(NCc1cccc(C(=O)NCC2CCCO2)c1)NCC1(c2ccccc2)CC1. The van der Waals surface area contributed by atoms with Crippen LogP contribution in [0.15, 0.2) is 59.6 Å². The van der Waals surface area contributed by atoms with Crippen molar-refractivity contribution in [1.82, 2.24) is 16.0 Å². The predicted octanol–water partition coefficient (Wildman–Crippen LogP) is 2.99. The van der Waals surface area contributed by atoms with Gasteiger partial charge in [-0.25, -0.2) is 0 Å². The molecular weight excluding hydrogens is 388 g/mol. The highest BCUT2D eigenvalue weighted by Gasteiger charge is 2.43. The summed E-state index contributed by atoms with van der Waals surface area (Å²) in [6, 6.07) is 18.4. The molecule has 3 N–H and O–H groups in total. The Kier molecular flexibility index (Phi) is 6.87. The lowest BCUT2D eigenvalue weighted by atomic mass is 9.96. The first-order valence-electron chi connectivity index (χ1n) is 11.2. The largest absolute Gasteiger partial charge is 0.376 e. The lowest BCUT2D eigenvalue weighted by Gasteiger charge is -2.19. The summed E-state index contributed by atoms with van der Waals surface area (Å²) in [6.45, 7) is 2.83. The van der Waals surface area contributed by atoms with Crippen LogP contribution >= 0.6 is 0 Å². The van der Waals surface area contributed by atoms with Crippen LogP contribution in [0.25, 0.3) is 0 Å². The first-order valence-corrected chi connectivity index (χ1v) is 11.2. The van der Waals surface area contributed by atoms with Crippen LogP contribution in [0.1, 0.15) is 47.2 Å². The van der Waals surface area contributed by atoms with Crippen molar-refractivity contribution in [3.05, 3.63) is 71.3 Å². The van der Waals surface area contributed by atoms with E-state index in [1.807, 2.05) is 24.3 Å². The van der Waals surface area contributed by atoms with Gasteiger partial charge < -0.3 is 20.7 Å². The van der Waals surface area contributed by atoms with Gasteiger partial charge in [-0.05, 0) is 48.9 Å². The summed E-state index contributed by atoms with van der Waals surface area (Å²) in [6.07, 6.45) is 4.63. The van der Waals surface area contributed by atoms with Crippen LogP contribution in [0.4, 0.5) is 0 Å². The van der Waals surface area contributed by atoms with E-state index in [-0.39, 0.29) is 17.4 Å². The van der Waals surface area contributed by atoms with Crippen LogP contribution < -0.4 is 16.0 Å². The Morgan fingerprint density at radius 3 is 2.65 bits per heavy atom. The van der Waals surface area contributed by atoms with Gasteiger partial charge in [-0.2, -0.15) is 0 Å². The van der Waals surface area contributed by atoms with Crippen LogP contribution in [0.3, 0.4) is 0 Å². The maximum Gasteiger partial charge on any atom is 0.251 e. The standard InChI is InChI=1S/C25H32N4O2/c1-26-24(29-18-25(12-13-25)21-9-3-2-4-10-21)28-16-19-7-5-8-20(15-19)23(30)27-17-22-11-6-14-31-22/h2-5,7-10,15,22H,6,11-14,16-18H2,1H3,(H,27,30)(H2,26,28,29). The molecule has 1 unspecified atom stereocenters. The third-order valence-corrected chi connectivity index (χ3v) is 6.22. The summed E-state index contributed by atoms with van der Waals surface area (Å²) in [5.74, 6) is 0.717. The lowest BCUT2D eigenvalue weighted by Crippen LogP contribution is -2.40. The number of nitrogens with one attached hydrogen (secondary N) is 3. The molecule has 2 aromatic rings. The molecule has 6 nitrogen and oxygen atoms in total. The van der Waals surface area contributed by atoms with Gasteiger partial charge in [0.2, 0.25) is 0 Å². The highest BCUT2D eigenvalue weighted by Crippen LogP contribution is 2.47. The van der Waals surface area contributed by atoms with E-state index in [4.69, 9.17) is 4.74 Å². The number of benzene rings is 2. The van der Waals surface area contributed by atoms with Crippen LogP contribution in [-0.4, -0.2) is 44.7 Å². The van der Waals surface area contributed by atoms with Crippen molar-refractivity contribution in [3.8, 4) is 0 Å². The fourth-order valence-electron chi connectivity index (χ4n) is 4.11. The number of ether oxygens (including phenoxy) is 1. The van der Waals surface area contributed by atoms with Gasteiger partial charge in [-0.3, -0.25) is 9.79 Å². The first-order chi connectivity index (χ1) is 15.2. The predicted molar refractivity (Wildman–Crippen MR) is 123 cm³/mol. The molecule has 2 aromatic carbocycles. The van der Waals surface area contributed by atoms with Gasteiger partial charge in [0.05, 0.1) is 6.10 Å². The van der Waals surface area contributed by atoms with E-state index >= 15 is 0 Å². The average molecular weight is 421 g/mol. The van der Waals surface area contributed by atoms with Crippen molar-refractivity contribution >= 4 is 11.9 Å². The normalized spacial score (nSPS) is 19.6. The van der Waals surface area contributed by atoms with E-state index < -0.39 is 0 Å². The number of amides is 1. The molecule has 2 aliphatic rings. The van der Waals surface area contributed by atoms with Crippen LogP contribution in [0.2, 0.25) is 0 Å². The molecule has 1 amide bonds. The minimum absolute atomic E-state index is 0.0570. The van der Waals surface area contributed by atoms with E-state index in [0.717, 1.165) is 37.5 Å². The Morgan fingerprint density at radius 2 is 1.94 bits per heavy atom. The Hall–Kier alpha value is -2.86. The topological polar surface area (TPSA) is 74.8 Å². The zero-order chi connectivity index (χ0) is 21.5. The Balaban J connectivity index is 1.27. The second-order valence-corrected chi connectivity index (χ2v) is 8.47. The monoisotopic (exact) mass is 420 g/mol. The summed E-state index contributed by atoms with van der Waals surface area (Å²) < 4.78 is 5.57. The summed E-state index contributed by atoms with van der Waals surface area (Å²) in [5.41, 5.74) is 3.32. The summed E-state index contributed by atoms with van der Waals surface area (Å²) in [7, 11) is 1.78. The number of guanidine groups is 1. The number of hydrogen-bond donors (Lipinski definition) is 3. The molecule has 0 bridgehead atoms. The van der Waals surface area contributed by atoms with E-state index in [2.05, 4.69) is 51.3 Å². The molecule has 1 heterocycles. The molecular formula is C25H32N4O2. The van der Waals surface area contributed by atoms with Gasteiger partial charge in [0, 0.05) is 44.3 Å². The average Bonchev–Trinajstić information content (AvgIpc) is 3.43. The number of rotatable bonds is 8. The molecule has 1 saturated carbocycles. The minimum atomic E-state index is -0.0570. The van der Waals surface area contributed by atoms with Crippen molar-refractivity contribution in [3.63, 3.8) is 0 Å². The second-order valence-electron chi connectivity index (χ2n) is 8.47. The van der Waals surface area contributed by atoms with Crippen LogP contribution in [-0.2, 0) is 16.7 Å². The van der Waals surface area contributed by atoms with Crippen LogP contribution in [0, 0.1) is 0 Å². The smallest absolute Gasteiger partial charge is 0.251 e. The van der Waals surface area contributed by atoms with Crippen molar-refractivity contribution in [1.29, 1.82) is 0 Å². The molecule has 0 radical (unpaired) electrons. The molecule has 4 rings (SSSR count). The highest BCUT2D eigenvalue weighted by molar-refractivity contribution is 5.94. The maximum atomic E-state index is 12.5. The van der Waals surface area contributed by atoms with Crippen molar-refractivity contribution in [2.24, 2.45) is 4.99 Å². The first kappa shape index (κ1) is 21.4. The van der Waals surface area contributed by atoms with E-state index in [0.29, 0.717) is 18.7 Å². The fourth-order valence-corrected chi connectivity index (χ4v) is 4.11. The van der Waals surface area contributed by atoms with Crippen molar-refractivity contribution in [2.45, 2.75) is 43.7 Å². The van der Waals surface area contributed by atoms with E-state index in [9.17, 15) is 4.79 Å². The van der Waals surface area contributed by atoms with E-state index in [1.165, 1.54) is 18.4 Å². The van der Waals surface area contributed by atoms with Crippen molar-refractivity contribution in [2.75, 3.05) is 26.7 Å². The third-order valence-electron chi connectivity index (χ3n) is 6.22. The molecule has 1 aliphatic heterocycles. The molecule has 1 atom stereocenters. The zero-order valence-electron chi connectivity index (χ0n) is 18.2. The molecule has 164 valence electrons.